The zero-order valence-electron chi connectivity index (χ0n) is 18.0. The van der Waals surface area contributed by atoms with Gasteiger partial charge in [-0.05, 0) is 35.4 Å². The van der Waals surface area contributed by atoms with E-state index in [1.165, 1.54) is 10.4 Å². The number of carbonyl (C=O) groups excluding carboxylic acids is 2. The highest BCUT2D eigenvalue weighted by Gasteiger charge is 2.33. The molecule has 1 atom stereocenters. The first-order valence-corrected chi connectivity index (χ1v) is 11.6. The van der Waals surface area contributed by atoms with Crippen LogP contribution in [-0.2, 0) is 18.3 Å². The summed E-state index contributed by atoms with van der Waals surface area (Å²) in [5.41, 5.74) is 2.74. The predicted molar refractivity (Wildman–Crippen MR) is 123 cm³/mol. The Labute approximate surface area is 187 Å². The lowest BCUT2D eigenvalue weighted by atomic mass is 9.93. The highest BCUT2D eigenvalue weighted by molar-refractivity contribution is 7.13. The van der Waals surface area contributed by atoms with E-state index in [1.54, 1.807) is 33.3 Å². The molecule has 0 saturated carbocycles. The van der Waals surface area contributed by atoms with Crippen LogP contribution < -0.4 is 0 Å². The van der Waals surface area contributed by atoms with Crippen LogP contribution in [0.3, 0.4) is 0 Å². The van der Waals surface area contributed by atoms with Gasteiger partial charge in [0.15, 0.2) is 0 Å². The largest absolute Gasteiger partial charge is 0.341 e. The number of nitrogens with zero attached hydrogens (tertiary/aromatic N) is 4. The fraction of sp³-hybridized carbons (Fsp3) is 0.375. The van der Waals surface area contributed by atoms with Gasteiger partial charge in [0, 0.05) is 44.3 Å². The lowest BCUT2D eigenvalue weighted by Crippen LogP contribution is -2.38. The van der Waals surface area contributed by atoms with Crippen LogP contribution in [0.2, 0.25) is 0 Å². The molecule has 0 unspecified atom stereocenters. The van der Waals surface area contributed by atoms with E-state index in [-0.39, 0.29) is 17.7 Å². The Morgan fingerprint density at radius 3 is 2.74 bits per heavy atom. The maximum Gasteiger partial charge on any atom is 0.274 e. The summed E-state index contributed by atoms with van der Waals surface area (Å²) in [6.45, 7) is 4.30. The SMILES string of the molecule is CCCN1CCN(C(=O)c2cn(C)cn2)C[C@H](Cc2ccccc2-c2cccs2)C1=O. The van der Waals surface area contributed by atoms with E-state index in [9.17, 15) is 9.59 Å². The maximum absolute atomic E-state index is 13.4. The Bertz CT molecular complexity index is 1040. The second-order valence-corrected chi connectivity index (χ2v) is 8.98. The van der Waals surface area contributed by atoms with Crippen LogP contribution in [0.1, 0.15) is 29.4 Å². The highest BCUT2D eigenvalue weighted by atomic mass is 32.1. The molecule has 1 aliphatic heterocycles. The zero-order chi connectivity index (χ0) is 21.8. The summed E-state index contributed by atoms with van der Waals surface area (Å²) >= 11 is 1.70. The van der Waals surface area contributed by atoms with Crippen molar-refractivity contribution in [3.63, 3.8) is 0 Å². The van der Waals surface area contributed by atoms with Crippen molar-refractivity contribution in [2.24, 2.45) is 13.0 Å². The molecule has 2 aromatic heterocycles. The first-order valence-electron chi connectivity index (χ1n) is 10.7. The normalized spacial score (nSPS) is 17.1. The van der Waals surface area contributed by atoms with Crippen molar-refractivity contribution in [3.8, 4) is 10.4 Å². The van der Waals surface area contributed by atoms with Crippen molar-refractivity contribution >= 4 is 23.2 Å². The minimum Gasteiger partial charge on any atom is -0.341 e. The number of hydrogen-bond acceptors (Lipinski definition) is 4. The number of benzene rings is 1. The molecule has 3 aromatic rings. The van der Waals surface area contributed by atoms with Gasteiger partial charge in [-0.3, -0.25) is 9.59 Å². The first kappa shape index (κ1) is 21.3. The summed E-state index contributed by atoms with van der Waals surface area (Å²) in [5, 5.41) is 2.07. The third-order valence-electron chi connectivity index (χ3n) is 5.72. The van der Waals surface area contributed by atoms with Gasteiger partial charge in [-0.15, -0.1) is 11.3 Å². The molecular formula is C24H28N4O2S. The van der Waals surface area contributed by atoms with Crippen molar-refractivity contribution in [3.05, 3.63) is 65.6 Å². The van der Waals surface area contributed by atoms with E-state index in [0.717, 1.165) is 12.0 Å². The van der Waals surface area contributed by atoms with Crippen molar-refractivity contribution in [1.29, 1.82) is 0 Å². The Morgan fingerprint density at radius 2 is 2.03 bits per heavy atom. The molecule has 1 saturated heterocycles. The topological polar surface area (TPSA) is 58.4 Å². The Kier molecular flexibility index (Phi) is 6.51. The second-order valence-electron chi connectivity index (χ2n) is 8.04. The predicted octanol–water partition coefficient (Wildman–Crippen LogP) is 3.70. The number of hydrogen-bond donors (Lipinski definition) is 0. The summed E-state index contributed by atoms with van der Waals surface area (Å²) in [4.78, 5) is 35.7. The van der Waals surface area contributed by atoms with Gasteiger partial charge in [0.1, 0.15) is 5.69 Å². The molecule has 162 valence electrons. The minimum absolute atomic E-state index is 0.108. The van der Waals surface area contributed by atoms with Crippen LogP contribution in [0.15, 0.2) is 54.3 Å². The molecule has 2 amide bonds. The Balaban J connectivity index is 1.62. The van der Waals surface area contributed by atoms with Gasteiger partial charge >= 0.3 is 0 Å². The minimum atomic E-state index is -0.275. The molecule has 0 radical (unpaired) electrons. The molecule has 1 fully saturated rings. The summed E-state index contributed by atoms with van der Waals surface area (Å²) in [6.07, 6.45) is 4.88. The lowest BCUT2D eigenvalue weighted by molar-refractivity contribution is -0.134. The number of thiophene rings is 1. The van der Waals surface area contributed by atoms with Gasteiger partial charge in [-0.1, -0.05) is 37.3 Å². The van der Waals surface area contributed by atoms with Gasteiger partial charge in [-0.2, -0.15) is 0 Å². The number of rotatable bonds is 6. The van der Waals surface area contributed by atoms with Crippen LogP contribution in [0.4, 0.5) is 0 Å². The number of imidazole rings is 1. The smallest absolute Gasteiger partial charge is 0.274 e. The molecule has 31 heavy (non-hydrogen) atoms. The fourth-order valence-electron chi connectivity index (χ4n) is 4.19. The van der Waals surface area contributed by atoms with Gasteiger partial charge in [0.2, 0.25) is 5.91 Å². The molecule has 1 aromatic carbocycles. The van der Waals surface area contributed by atoms with E-state index in [2.05, 4.69) is 35.5 Å². The van der Waals surface area contributed by atoms with Crippen molar-refractivity contribution in [2.45, 2.75) is 19.8 Å². The van der Waals surface area contributed by atoms with Crippen molar-refractivity contribution in [1.82, 2.24) is 19.4 Å². The van der Waals surface area contributed by atoms with E-state index in [1.807, 2.05) is 30.1 Å². The standard InChI is InChI=1S/C24H28N4O2S/c1-3-10-27-11-12-28(24(30)21-16-26(2)17-25-21)15-19(23(27)29)14-18-7-4-5-8-20(18)22-9-6-13-31-22/h4-9,13,16-17,19H,3,10-12,14-15H2,1-2H3/t19-/m0/s1. The molecule has 3 heterocycles. The van der Waals surface area contributed by atoms with E-state index >= 15 is 0 Å². The Morgan fingerprint density at radius 1 is 1.19 bits per heavy atom. The monoisotopic (exact) mass is 436 g/mol. The van der Waals surface area contributed by atoms with Gasteiger partial charge in [0.05, 0.1) is 12.2 Å². The molecule has 6 nitrogen and oxygen atoms in total. The first-order chi connectivity index (χ1) is 15.1. The average molecular weight is 437 g/mol. The van der Waals surface area contributed by atoms with Gasteiger partial charge in [-0.25, -0.2) is 4.98 Å². The molecule has 0 bridgehead atoms. The average Bonchev–Trinajstić information content (AvgIpc) is 3.43. The molecular weight excluding hydrogens is 408 g/mol. The summed E-state index contributed by atoms with van der Waals surface area (Å²) < 4.78 is 1.77. The van der Waals surface area contributed by atoms with E-state index in [4.69, 9.17) is 0 Å². The second kappa shape index (κ2) is 9.47. The van der Waals surface area contributed by atoms with Crippen LogP contribution in [0, 0.1) is 5.92 Å². The number of carbonyl (C=O) groups is 2. The maximum atomic E-state index is 13.4. The third kappa shape index (κ3) is 4.71. The van der Waals surface area contributed by atoms with E-state index < -0.39 is 0 Å². The molecule has 0 N–H and O–H groups in total. The summed E-state index contributed by atoms with van der Waals surface area (Å²) in [6, 6.07) is 12.4. The fourth-order valence-corrected chi connectivity index (χ4v) is 4.98. The zero-order valence-corrected chi connectivity index (χ0v) is 18.8. The molecule has 1 aliphatic rings. The Hall–Kier alpha value is -2.93. The lowest BCUT2D eigenvalue weighted by Gasteiger charge is -2.24. The van der Waals surface area contributed by atoms with Gasteiger partial charge < -0.3 is 14.4 Å². The summed E-state index contributed by atoms with van der Waals surface area (Å²) in [7, 11) is 1.85. The van der Waals surface area contributed by atoms with Crippen LogP contribution in [-0.4, -0.2) is 57.3 Å². The molecule has 7 heteroatoms. The number of aryl methyl sites for hydroxylation is 1. The highest BCUT2D eigenvalue weighted by Crippen LogP contribution is 2.30. The van der Waals surface area contributed by atoms with Crippen molar-refractivity contribution in [2.75, 3.05) is 26.2 Å². The van der Waals surface area contributed by atoms with Crippen LogP contribution in [0.25, 0.3) is 10.4 Å². The quantitative estimate of drug-likeness (QED) is 0.592. The van der Waals surface area contributed by atoms with Gasteiger partial charge in [0.25, 0.3) is 5.91 Å². The van der Waals surface area contributed by atoms with Crippen molar-refractivity contribution < 1.29 is 9.59 Å². The summed E-state index contributed by atoms with van der Waals surface area (Å²) in [5.74, 6) is -0.245. The van der Waals surface area contributed by atoms with Crippen LogP contribution >= 0.6 is 11.3 Å². The molecule has 0 aliphatic carbocycles. The molecule has 0 spiro atoms. The van der Waals surface area contributed by atoms with E-state index in [0.29, 0.717) is 38.3 Å². The number of aromatic nitrogens is 2. The third-order valence-corrected chi connectivity index (χ3v) is 6.62. The van der Waals surface area contributed by atoms with Crippen LogP contribution in [0.5, 0.6) is 0 Å². The number of amides is 2. The molecule has 4 rings (SSSR count).